The van der Waals surface area contributed by atoms with E-state index in [0.717, 1.165) is 0 Å². The summed E-state index contributed by atoms with van der Waals surface area (Å²) in [7, 11) is -0.637. The van der Waals surface area contributed by atoms with Crippen LogP contribution in [0.4, 0.5) is 0 Å². The first-order valence-electron chi connectivity index (χ1n) is 8.12. The van der Waals surface area contributed by atoms with Crippen LogP contribution in [0.2, 0.25) is 0 Å². The summed E-state index contributed by atoms with van der Waals surface area (Å²) >= 11 is 0. The summed E-state index contributed by atoms with van der Waals surface area (Å²) in [5.74, 6) is -1.61. The van der Waals surface area contributed by atoms with Gasteiger partial charge in [-0.05, 0) is 18.1 Å². The first-order chi connectivity index (χ1) is 11.9. The summed E-state index contributed by atoms with van der Waals surface area (Å²) in [5.41, 5.74) is 0.517. The second-order valence-corrected chi connectivity index (χ2v) is 5.93. The van der Waals surface area contributed by atoms with E-state index < -0.39 is 19.6 Å². The summed E-state index contributed by atoms with van der Waals surface area (Å²) in [6.45, 7) is 3.93. The monoisotopic (exact) mass is 351 g/mol. The lowest BCUT2D eigenvalue weighted by Crippen LogP contribution is -2.57. The van der Waals surface area contributed by atoms with Crippen LogP contribution in [-0.2, 0) is 11.2 Å². The minimum absolute atomic E-state index is 0.0937. The number of aliphatic hydroxyl groups excluding tert-OH is 1. The standard InChI is InChI=1S/C16H22BNO7/c1-3-10-4-5-12(13(16(21)22)14(10)25-17-23)24-11-6-18(7-11)15(20)9(2)8-19/h4-5,9,11,17,19,23H,3,6-8H2,1-2H3,(H,21,22). The normalized spacial score (nSPS) is 15.3. The summed E-state index contributed by atoms with van der Waals surface area (Å²) in [6.07, 6.45) is 0.211. The van der Waals surface area contributed by atoms with Gasteiger partial charge in [-0.2, -0.15) is 0 Å². The lowest BCUT2D eigenvalue weighted by atomic mass is 10.0. The number of amides is 1. The Hall–Kier alpha value is -2.26. The minimum atomic E-state index is -1.21. The molecule has 0 aromatic heterocycles. The van der Waals surface area contributed by atoms with Gasteiger partial charge in [0.05, 0.1) is 25.6 Å². The number of hydrogen-bond acceptors (Lipinski definition) is 6. The van der Waals surface area contributed by atoms with Crippen molar-refractivity contribution in [1.29, 1.82) is 0 Å². The number of ether oxygens (including phenoxy) is 1. The molecule has 9 heteroatoms. The van der Waals surface area contributed by atoms with Gasteiger partial charge < -0.3 is 29.5 Å². The Morgan fingerprint density at radius 1 is 1.40 bits per heavy atom. The van der Waals surface area contributed by atoms with Crippen LogP contribution in [0.15, 0.2) is 12.1 Å². The molecule has 1 atom stereocenters. The minimum Gasteiger partial charge on any atom is -0.538 e. The fraction of sp³-hybridized carbons (Fsp3) is 0.500. The molecule has 0 aliphatic carbocycles. The lowest BCUT2D eigenvalue weighted by molar-refractivity contribution is -0.145. The van der Waals surface area contributed by atoms with Crippen LogP contribution in [0.1, 0.15) is 29.8 Å². The number of carboxylic acid groups (broad SMARTS) is 1. The third kappa shape index (κ3) is 4.05. The van der Waals surface area contributed by atoms with Crippen molar-refractivity contribution in [2.45, 2.75) is 26.4 Å². The second-order valence-electron chi connectivity index (χ2n) is 5.93. The lowest BCUT2D eigenvalue weighted by Gasteiger charge is -2.40. The molecule has 25 heavy (non-hydrogen) atoms. The first kappa shape index (κ1) is 19.1. The van der Waals surface area contributed by atoms with Crippen molar-refractivity contribution >= 4 is 19.6 Å². The van der Waals surface area contributed by atoms with E-state index >= 15 is 0 Å². The predicted octanol–water partition coefficient (Wildman–Crippen LogP) is -0.197. The largest absolute Gasteiger partial charge is 0.538 e. The van der Waals surface area contributed by atoms with E-state index in [0.29, 0.717) is 25.1 Å². The molecule has 2 rings (SSSR count). The van der Waals surface area contributed by atoms with Crippen LogP contribution >= 0.6 is 0 Å². The van der Waals surface area contributed by atoms with Crippen LogP contribution in [0.3, 0.4) is 0 Å². The topological polar surface area (TPSA) is 117 Å². The smallest absolute Gasteiger partial charge is 0.504 e. The van der Waals surface area contributed by atoms with E-state index in [4.69, 9.17) is 19.5 Å². The fourth-order valence-electron chi connectivity index (χ4n) is 2.68. The molecule has 0 spiro atoms. The summed E-state index contributed by atoms with van der Waals surface area (Å²) < 4.78 is 10.8. The summed E-state index contributed by atoms with van der Waals surface area (Å²) in [6, 6.07) is 3.26. The Bertz CT molecular complexity index is 646. The SMILES string of the molecule is CCc1ccc(OC2CN(C(=O)C(C)CO)C2)c(C(=O)O)c1OBO. The van der Waals surface area contributed by atoms with Crippen molar-refractivity contribution in [1.82, 2.24) is 4.90 Å². The number of nitrogens with zero attached hydrogens (tertiary/aromatic N) is 1. The molecule has 1 unspecified atom stereocenters. The molecule has 1 aromatic carbocycles. The number of aliphatic hydroxyl groups is 1. The Kier molecular flexibility index (Phi) is 6.27. The van der Waals surface area contributed by atoms with Gasteiger partial charge in [-0.25, -0.2) is 4.79 Å². The average molecular weight is 351 g/mol. The Morgan fingerprint density at radius 3 is 2.60 bits per heavy atom. The number of benzene rings is 1. The van der Waals surface area contributed by atoms with E-state index in [1.54, 1.807) is 24.0 Å². The van der Waals surface area contributed by atoms with Crippen molar-refractivity contribution in [3.05, 3.63) is 23.3 Å². The molecule has 1 aliphatic rings. The molecule has 1 heterocycles. The maximum Gasteiger partial charge on any atom is 0.504 e. The highest BCUT2D eigenvalue weighted by Crippen LogP contribution is 2.34. The molecular weight excluding hydrogens is 329 g/mol. The van der Waals surface area contributed by atoms with Crippen LogP contribution in [0.5, 0.6) is 11.5 Å². The fourth-order valence-corrected chi connectivity index (χ4v) is 2.68. The number of rotatable bonds is 8. The quantitative estimate of drug-likeness (QED) is 0.556. The second kappa shape index (κ2) is 8.22. The van der Waals surface area contributed by atoms with Crippen molar-refractivity contribution in [2.75, 3.05) is 19.7 Å². The summed E-state index contributed by atoms with van der Waals surface area (Å²) in [5, 5.41) is 27.6. The molecule has 1 fully saturated rings. The van der Waals surface area contributed by atoms with Crippen LogP contribution in [0, 0.1) is 5.92 Å². The van der Waals surface area contributed by atoms with E-state index in [9.17, 15) is 14.7 Å². The van der Waals surface area contributed by atoms with Gasteiger partial charge in [0, 0.05) is 0 Å². The molecule has 0 bridgehead atoms. The van der Waals surface area contributed by atoms with Crippen molar-refractivity contribution in [3.63, 3.8) is 0 Å². The molecular formula is C16H22BNO7. The van der Waals surface area contributed by atoms with Gasteiger partial charge >= 0.3 is 13.7 Å². The number of likely N-dealkylation sites (tertiary alicyclic amines) is 1. The third-order valence-corrected chi connectivity index (χ3v) is 4.15. The van der Waals surface area contributed by atoms with Crippen LogP contribution in [0.25, 0.3) is 0 Å². The van der Waals surface area contributed by atoms with Gasteiger partial charge in [0.1, 0.15) is 23.2 Å². The first-order valence-corrected chi connectivity index (χ1v) is 8.12. The molecule has 1 saturated heterocycles. The molecule has 136 valence electrons. The van der Waals surface area contributed by atoms with E-state index in [2.05, 4.69) is 0 Å². The highest BCUT2D eigenvalue weighted by molar-refractivity contribution is 6.18. The average Bonchev–Trinajstić information content (AvgIpc) is 2.56. The number of aromatic carboxylic acids is 1. The van der Waals surface area contributed by atoms with Gasteiger partial charge in [0.2, 0.25) is 5.91 Å². The molecule has 8 nitrogen and oxygen atoms in total. The number of carbonyl (C=O) groups excluding carboxylic acids is 1. The van der Waals surface area contributed by atoms with Gasteiger partial charge in [-0.15, -0.1) is 0 Å². The van der Waals surface area contributed by atoms with Gasteiger partial charge in [-0.3, -0.25) is 4.79 Å². The van der Waals surface area contributed by atoms with Crippen LogP contribution in [-0.4, -0.2) is 65.5 Å². The zero-order valence-electron chi connectivity index (χ0n) is 14.3. The number of aryl methyl sites for hydroxylation is 1. The van der Waals surface area contributed by atoms with Crippen molar-refractivity contribution in [3.8, 4) is 11.5 Å². The van der Waals surface area contributed by atoms with E-state index in [1.165, 1.54) is 0 Å². The zero-order chi connectivity index (χ0) is 18.6. The molecule has 3 N–H and O–H groups in total. The molecule has 1 amide bonds. The number of hydrogen-bond donors (Lipinski definition) is 3. The van der Waals surface area contributed by atoms with Gasteiger partial charge in [0.15, 0.2) is 0 Å². The molecule has 0 saturated carbocycles. The zero-order valence-corrected chi connectivity index (χ0v) is 14.3. The maximum atomic E-state index is 11.9. The number of carboxylic acids is 1. The predicted molar refractivity (Wildman–Crippen MR) is 90.0 cm³/mol. The molecule has 1 aromatic rings. The number of carbonyl (C=O) groups is 2. The molecule has 0 radical (unpaired) electrons. The molecule has 1 aliphatic heterocycles. The van der Waals surface area contributed by atoms with Gasteiger partial charge in [-0.1, -0.05) is 19.9 Å². The highest BCUT2D eigenvalue weighted by atomic mass is 16.5. The van der Waals surface area contributed by atoms with Crippen molar-refractivity contribution < 1.29 is 34.2 Å². The van der Waals surface area contributed by atoms with E-state index in [1.807, 2.05) is 6.92 Å². The Balaban J connectivity index is 2.14. The summed E-state index contributed by atoms with van der Waals surface area (Å²) in [4.78, 5) is 25.1. The van der Waals surface area contributed by atoms with Crippen LogP contribution < -0.4 is 9.39 Å². The highest BCUT2D eigenvalue weighted by Gasteiger charge is 2.35. The maximum absolute atomic E-state index is 11.9. The van der Waals surface area contributed by atoms with E-state index in [-0.39, 0.29) is 35.7 Å². The Morgan fingerprint density at radius 2 is 2.08 bits per heavy atom. The van der Waals surface area contributed by atoms with Gasteiger partial charge in [0.25, 0.3) is 0 Å². The Labute approximate surface area is 146 Å². The third-order valence-electron chi connectivity index (χ3n) is 4.15. The van der Waals surface area contributed by atoms with Crippen molar-refractivity contribution in [2.24, 2.45) is 5.92 Å².